The van der Waals surface area contributed by atoms with Crippen molar-refractivity contribution in [1.82, 2.24) is 5.16 Å². The van der Waals surface area contributed by atoms with Gasteiger partial charge < -0.3 is 9.84 Å². The maximum atomic E-state index is 12.4. The van der Waals surface area contributed by atoms with Crippen molar-refractivity contribution in [3.8, 4) is 11.3 Å². The summed E-state index contributed by atoms with van der Waals surface area (Å²) >= 11 is 5.94. The molecule has 0 aliphatic heterocycles. The van der Waals surface area contributed by atoms with Gasteiger partial charge >= 0.3 is 0 Å². The molecule has 0 radical (unpaired) electrons. The maximum absolute atomic E-state index is 12.4. The fourth-order valence-electron chi connectivity index (χ4n) is 2.65. The molecule has 0 bridgehead atoms. The molecule has 0 saturated heterocycles. The summed E-state index contributed by atoms with van der Waals surface area (Å²) in [7, 11) is 0. The lowest BCUT2D eigenvalue weighted by molar-refractivity contribution is 0.102. The molecule has 4 nitrogen and oxygen atoms in total. The number of hydrogen-bond donors (Lipinski definition) is 1. The van der Waals surface area contributed by atoms with Crippen molar-refractivity contribution in [2.45, 2.75) is 0 Å². The summed E-state index contributed by atoms with van der Waals surface area (Å²) in [6, 6.07) is 22.1. The Morgan fingerprint density at radius 1 is 0.960 bits per heavy atom. The number of nitrogens with one attached hydrogen (secondary N) is 1. The lowest BCUT2D eigenvalue weighted by Crippen LogP contribution is -2.11. The SMILES string of the molecule is O=C(Nc1cccc(Cl)c1)c1ccc2c(-c3ccccc3)onc2c1. The quantitative estimate of drug-likeness (QED) is 0.539. The van der Waals surface area contributed by atoms with Gasteiger partial charge in [0.15, 0.2) is 5.76 Å². The molecule has 122 valence electrons. The summed E-state index contributed by atoms with van der Waals surface area (Å²) in [5.41, 5.74) is 2.72. The van der Waals surface area contributed by atoms with Crippen molar-refractivity contribution in [2.75, 3.05) is 5.32 Å². The molecule has 0 unspecified atom stereocenters. The number of amides is 1. The van der Waals surface area contributed by atoms with Crippen molar-refractivity contribution >= 4 is 34.1 Å². The Kier molecular flexibility index (Phi) is 3.96. The predicted molar refractivity (Wildman–Crippen MR) is 98.9 cm³/mol. The molecule has 25 heavy (non-hydrogen) atoms. The molecule has 0 fully saturated rings. The third kappa shape index (κ3) is 3.12. The van der Waals surface area contributed by atoms with Crippen molar-refractivity contribution < 1.29 is 9.32 Å². The van der Waals surface area contributed by atoms with Crippen LogP contribution in [-0.2, 0) is 0 Å². The monoisotopic (exact) mass is 348 g/mol. The van der Waals surface area contributed by atoms with Gasteiger partial charge in [0.1, 0.15) is 5.52 Å². The molecule has 4 aromatic rings. The Labute approximate surface area is 149 Å². The van der Waals surface area contributed by atoms with Gasteiger partial charge in [-0.2, -0.15) is 0 Å². The minimum absolute atomic E-state index is 0.228. The minimum atomic E-state index is -0.228. The summed E-state index contributed by atoms with van der Waals surface area (Å²) in [5.74, 6) is 0.464. The number of nitrogens with zero attached hydrogens (tertiary/aromatic N) is 1. The zero-order chi connectivity index (χ0) is 17.2. The third-order valence-corrected chi connectivity index (χ3v) is 4.09. The van der Waals surface area contributed by atoms with Gasteiger partial charge in [-0.05, 0) is 36.4 Å². The van der Waals surface area contributed by atoms with E-state index in [1.165, 1.54) is 0 Å². The van der Waals surface area contributed by atoms with E-state index >= 15 is 0 Å². The molecular formula is C20H13ClN2O2. The Morgan fingerprint density at radius 3 is 2.60 bits per heavy atom. The lowest BCUT2D eigenvalue weighted by atomic mass is 10.1. The minimum Gasteiger partial charge on any atom is -0.355 e. The standard InChI is InChI=1S/C20H13ClN2O2/c21-15-7-4-8-16(12-15)22-20(24)14-9-10-17-18(11-14)23-25-19(17)13-5-2-1-3-6-13/h1-12H,(H,22,24). The van der Waals surface area contributed by atoms with E-state index in [1.54, 1.807) is 36.4 Å². The Hall–Kier alpha value is -3.11. The van der Waals surface area contributed by atoms with Gasteiger partial charge in [0.2, 0.25) is 0 Å². The highest BCUT2D eigenvalue weighted by atomic mass is 35.5. The van der Waals surface area contributed by atoms with Crippen LogP contribution >= 0.6 is 11.6 Å². The first-order valence-corrected chi connectivity index (χ1v) is 8.10. The van der Waals surface area contributed by atoms with Crippen LogP contribution in [0.1, 0.15) is 10.4 Å². The van der Waals surface area contributed by atoms with Crippen LogP contribution in [0.2, 0.25) is 5.02 Å². The molecule has 1 heterocycles. The van der Waals surface area contributed by atoms with Crippen molar-refractivity contribution in [1.29, 1.82) is 0 Å². The number of anilines is 1. The van der Waals surface area contributed by atoms with E-state index < -0.39 is 0 Å². The van der Waals surface area contributed by atoms with Gasteiger partial charge in [-0.3, -0.25) is 4.79 Å². The summed E-state index contributed by atoms with van der Waals surface area (Å²) < 4.78 is 5.47. The van der Waals surface area contributed by atoms with Gasteiger partial charge in [-0.15, -0.1) is 0 Å². The Bertz CT molecular complexity index is 1060. The molecule has 0 spiro atoms. The lowest BCUT2D eigenvalue weighted by Gasteiger charge is -2.05. The summed E-state index contributed by atoms with van der Waals surface area (Å²) in [6.07, 6.45) is 0. The maximum Gasteiger partial charge on any atom is 0.255 e. The van der Waals surface area contributed by atoms with Gasteiger partial charge in [0.25, 0.3) is 5.91 Å². The van der Waals surface area contributed by atoms with Gasteiger partial charge in [-0.1, -0.05) is 53.2 Å². The molecule has 1 amide bonds. The molecule has 1 aromatic heterocycles. The molecular weight excluding hydrogens is 336 g/mol. The van der Waals surface area contributed by atoms with E-state index in [-0.39, 0.29) is 5.91 Å². The highest BCUT2D eigenvalue weighted by Crippen LogP contribution is 2.29. The van der Waals surface area contributed by atoms with Crippen molar-refractivity contribution in [3.63, 3.8) is 0 Å². The second-order valence-corrected chi connectivity index (χ2v) is 6.01. The summed E-state index contributed by atoms with van der Waals surface area (Å²) in [4.78, 5) is 12.4. The van der Waals surface area contributed by atoms with E-state index in [4.69, 9.17) is 16.1 Å². The van der Waals surface area contributed by atoms with Gasteiger partial charge in [0.05, 0.1) is 0 Å². The Morgan fingerprint density at radius 2 is 1.80 bits per heavy atom. The van der Waals surface area contributed by atoms with Crippen LogP contribution in [-0.4, -0.2) is 11.1 Å². The normalized spacial score (nSPS) is 10.8. The van der Waals surface area contributed by atoms with E-state index in [0.29, 0.717) is 27.6 Å². The number of benzene rings is 3. The summed E-state index contributed by atoms with van der Waals surface area (Å²) in [5, 5.41) is 8.34. The van der Waals surface area contributed by atoms with E-state index in [1.807, 2.05) is 36.4 Å². The molecule has 0 aliphatic rings. The van der Waals surface area contributed by atoms with Crippen molar-refractivity contribution in [2.24, 2.45) is 0 Å². The van der Waals surface area contributed by atoms with Crippen LogP contribution in [0, 0.1) is 0 Å². The van der Waals surface area contributed by atoms with Crippen LogP contribution in [0.4, 0.5) is 5.69 Å². The predicted octanol–water partition coefficient (Wildman–Crippen LogP) is 5.40. The molecule has 0 aliphatic carbocycles. The molecule has 5 heteroatoms. The second kappa shape index (κ2) is 6.42. The summed E-state index contributed by atoms with van der Waals surface area (Å²) in [6.45, 7) is 0. The first-order chi connectivity index (χ1) is 12.2. The van der Waals surface area contributed by atoms with Gasteiger partial charge in [-0.25, -0.2) is 0 Å². The average molecular weight is 349 g/mol. The fourth-order valence-corrected chi connectivity index (χ4v) is 2.84. The molecule has 0 saturated carbocycles. The molecule has 4 rings (SSSR count). The van der Waals surface area contributed by atoms with Crippen LogP contribution in [0.25, 0.3) is 22.2 Å². The number of fused-ring (bicyclic) bond motifs is 1. The molecule has 1 N–H and O–H groups in total. The van der Waals surface area contributed by atoms with Crippen molar-refractivity contribution in [3.05, 3.63) is 83.4 Å². The third-order valence-electron chi connectivity index (χ3n) is 3.86. The first-order valence-electron chi connectivity index (χ1n) is 7.72. The number of hydrogen-bond acceptors (Lipinski definition) is 3. The van der Waals surface area contributed by atoms with Crippen LogP contribution in [0.3, 0.4) is 0 Å². The van der Waals surface area contributed by atoms with Crippen LogP contribution in [0.15, 0.2) is 77.3 Å². The van der Waals surface area contributed by atoms with E-state index in [2.05, 4.69) is 10.5 Å². The van der Waals surface area contributed by atoms with E-state index in [0.717, 1.165) is 10.9 Å². The highest BCUT2D eigenvalue weighted by Gasteiger charge is 2.13. The smallest absolute Gasteiger partial charge is 0.255 e. The Balaban J connectivity index is 1.65. The zero-order valence-electron chi connectivity index (χ0n) is 13.1. The molecule has 0 atom stereocenters. The van der Waals surface area contributed by atoms with Gasteiger partial charge in [0, 0.05) is 27.2 Å². The largest absolute Gasteiger partial charge is 0.355 e. The second-order valence-electron chi connectivity index (χ2n) is 5.57. The number of carbonyl (C=O) groups is 1. The number of carbonyl (C=O) groups excluding carboxylic acids is 1. The van der Waals surface area contributed by atoms with Crippen LogP contribution in [0.5, 0.6) is 0 Å². The number of halogens is 1. The average Bonchev–Trinajstić information content (AvgIpc) is 3.05. The highest BCUT2D eigenvalue weighted by molar-refractivity contribution is 6.31. The zero-order valence-corrected chi connectivity index (χ0v) is 13.8. The topological polar surface area (TPSA) is 55.1 Å². The fraction of sp³-hybridized carbons (Fsp3) is 0. The number of aromatic nitrogens is 1. The van der Waals surface area contributed by atoms with Crippen LogP contribution < -0.4 is 5.32 Å². The van der Waals surface area contributed by atoms with E-state index in [9.17, 15) is 4.79 Å². The molecule has 3 aromatic carbocycles. The number of rotatable bonds is 3. The first kappa shape index (κ1) is 15.4.